The minimum Gasteiger partial charge on any atom is -0.370 e. The fourth-order valence-corrected chi connectivity index (χ4v) is 2.14. The number of nitrogens with two attached hydrogens (primary N) is 2. The van der Waals surface area contributed by atoms with Gasteiger partial charge in [-0.25, -0.2) is 0 Å². The van der Waals surface area contributed by atoms with Gasteiger partial charge in [-0.1, -0.05) is 6.42 Å². The van der Waals surface area contributed by atoms with Gasteiger partial charge in [0.15, 0.2) is 0 Å². The molecule has 0 aromatic rings. The van der Waals surface area contributed by atoms with Crippen LogP contribution < -0.4 is 16.8 Å². The van der Waals surface area contributed by atoms with Gasteiger partial charge in [-0.3, -0.25) is 9.59 Å². The summed E-state index contributed by atoms with van der Waals surface area (Å²) < 4.78 is 0. The smallest absolute Gasteiger partial charge is 0.227 e. The Kier molecular flexibility index (Phi) is 4.29. The lowest BCUT2D eigenvalue weighted by Crippen LogP contribution is -2.47. The number of carbonyl (C=O) groups excluding carboxylic acids is 2. The highest BCUT2D eigenvalue weighted by Gasteiger charge is 2.42. The van der Waals surface area contributed by atoms with E-state index in [0.717, 1.165) is 19.3 Å². The Morgan fingerprint density at radius 1 is 1.50 bits per heavy atom. The second-order valence-corrected chi connectivity index (χ2v) is 4.74. The van der Waals surface area contributed by atoms with Crippen molar-refractivity contribution in [3.05, 3.63) is 0 Å². The second kappa shape index (κ2) is 5.30. The average molecular weight is 227 g/mol. The summed E-state index contributed by atoms with van der Waals surface area (Å²) in [4.78, 5) is 22.4. The van der Waals surface area contributed by atoms with Crippen molar-refractivity contribution in [1.82, 2.24) is 5.32 Å². The summed E-state index contributed by atoms with van der Waals surface area (Å²) in [6, 6.07) is -0.0522. The molecule has 0 aliphatic heterocycles. The van der Waals surface area contributed by atoms with Gasteiger partial charge >= 0.3 is 0 Å². The fraction of sp³-hybridized carbons (Fsp3) is 0.818. The van der Waals surface area contributed by atoms with Gasteiger partial charge in [0.25, 0.3) is 0 Å². The monoisotopic (exact) mass is 227 g/mol. The third-order valence-corrected chi connectivity index (χ3v) is 3.43. The Bertz CT molecular complexity index is 280. The molecule has 1 aliphatic rings. The van der Waals surface area contributed by atoms with Crippen LogP contribution in [0.1, 0.15) is 39.0 Å². The van der Waals surface area contributed by atoms with Gasteiger partial charge in [0.2, 0.25) is 11.8 Å². The molecule has 0 saturated heterocycles. The minimum atomic E-state index is -0.438. The van der Waals surface area contributed by atoms with E-state index in [1.807, 2.05) is 6.92 Å². The molecule has 5 heteroatoms. The van der Waals surface area contributed by atoms with E-state index in [1.54, 1.807) is 0 Å². The molecule has 1 saturated carbocycles. The molecule has 0 spiro atoms. The minimum absolute atomic E-state index is 0.00182. The summed E-state index contributed by atoms with van der Waals surface area (Å²) in [6.07, 6.45) is 3.66. The van der Waals surface area contributed by atoms with Gasteiger partial charge in [0.1, 0.15) is 0 Å². The molecule has 1 fully saturated rings. The normalized spacial score (nSPS) is 29.0. The molecule has 0 heterocycles. The summed E-state index contributed by atoms with van der Waals surface area (Å²) in [6.45, 7) is 2.40. The van der Waals surface area contributed by atoms with E-state index in [9.17, 15) is 9.59 Å². The summed E-state index contributed by atoms with van der Waals surface area (Å²) in [7, 11) is 0. The van der Waals surface area contributed by atoms with Gasteiger partial charge in [-0.2, -0.15) is 0 Å². The van der Waals surface area contributed by atoms with Crippen LogP contribution >= 0.6 is 0 Å². The molecule has 2 atom stereocenters. The lowest BCUT2D eigenvalue weighted by molar-refractivity contribution is -0.130. The molecular formula is C11H21N3O2. The Morgan fingerprint density at radius 2 is 2.19 bits per heavy atom. The molecule has 16 heavy (non-hydrogen) atoms. The molecule has 1 aliphatic carbocycles. The maximum atomic E-state index is 11.9. The van der Waals surface area contributed by atoms with Crippen molar-refractivity contribution in [2.75, 3.05) is 6.54 Å². The van der Waals surface area contributed by atoms with Crippen molar-refractivity contribution in [3.8, 4) is 0 Å². The first-order valence-corrected chi connectivity index (χ1v) is 5.79. The van der Waals surface area contributed by atoms with Crippen molar-refractivity contribution >= 4 is 11.8 Å². The quantitative estimate of drug-likeness (QED) is 0.571. The Hall–Kier alpha value is -1.10. The molecule has 1 rings (SSSR count). The molecule has 2 unspecified atom stereocenters. The SMILES string of the molecule is CC1(C(=O)NCCCC(N)=O)CCCC1N. The third kappa shape index (κ3) is 2.95. The van der Waals surface area contributed by atoms with E-state index in [2.05, 4.69) is 5.32 Å². The number of nitrogens with one attached hydrogen (secondary N) is 1. The Morgan fingerprint density at radius 3 is 2.69 bits per heavy atom. The van der Waals surface area contributed by atoms with Gasteiger partial charge in [-0.05, 0) is 26.2 Å². The Balaban J connectivity index is 2.32. The van der Waals surface area contributed by atoms with Gasteiger partial charge in [0, 0.05) is 19.0 Å². The summed E-state index contributed by atoms with van der Waals surface area (Å²) in [5.74, 6) is -0.333. The predicted octanol–water partition coefficient (Wildman–Crippen LogP) is -0.114. The van der Waals surface area contributed by atoms with E-state index >= 15 is 0 Å². The van der Waals surface area contributed by atoms with Crippen molar-refractivity contribution in [2.24, 2.45) is 16.9 Å². The maximum absolute atomic E-state index is 11.9. The third-order valence-electron chi connectivity index (χ3n) is 3.43. The van der Waals surface area contributed by atoms with Gasteiger partial charge in [-0.15, -0.1) is 0 Å². The molecule has 0 aromatic heterocycles. The number of amides is 2. The van der Waals surface area contributed by atoms with Crippen molar-refractivity contribution in [1.29, 1.82) is 0 Å². The molecule has 0 radical (unpaired) electrons. The summed E-state index contributed by atoms with van der Waals surface area (Å²) in [5, 5.41) is 2.82. The Labute approximate surface area is 95.9 Å². The highest BCUT2D eigenvalue weighted by atomic mass is 16.2. The molecule has 5 nitrogen and oxygen atoms in total. The second-order valence-electron chi connectivity index (χ2n) is 4.74. The molecule has 2 amide bonds. The van der Waals surface area contributed by atoms with Crippen LogP contribution in [-0.4, -0.2) is 24.4 Å². The van der Waals surface area contributed by atoms with Crippen LogP contribution in [0.5, 0.6) is 0 Å². The standard InChI is InChI=1S/C11H21N3O2/c1-11(6-2-4-8(11)12)10(16)14-7-3-5-9(13)15/h8H,2-7,12H2,1H3,(H2,13,15)(H,14,16). The van der Waals surface area contributed by atoms with E-state index in [0.29, 0.717) is 19.4 Å². The number of rotatable bonds is 5. The maximum Gasteiger partial charge on any atom is 0.227 e. The highest BCUT2D eigenvalue weighted by Crippen LogP contribution is 2.36. The van der Waals surface area contributed by atoms with Crippen LogP contribution in [0.15, 0.2) is 0 Å². The first kappa shape index (κ1) is 13.0. The summed E-state index contributed by atoms with van der Waals surface area (Å²) >= 11 is 0. The molecule has 92 valence electrons. The number of hydrogen-bond donors (Lipinski definition) is 3. The van der Waals surface area contributed by atoms with Crippen LogP contribution in [0.3, 0.4) is 0 Å². The van der Waals surface area contributed by atoms with Crippen LogP contribution in [0.4, 0.5) is 0 Å². The van der Waals surface area contributed by atoms with Crippen molar-refractivity contribution in [2.45, 2.75) is 45.1 Å². The molecule has 5 N–H and O–H groups in total. The summed E-state index contributed by atoms with van der Waals surface area (Å²) in [5.41, 5.74) is 10.5. The lowest BCUT2D eigenvalue weighted by atomic mass is 9.84. The molecular weight excluding hydrogens is 206 g/mol. The zero-order valence-electron chi connectivity index (χ0n) is 9.79. The topological polar surface area (TPSA) is 98.2 Å². The first-order valence-electron chi connectivity index (χ1n) is 5.79. The zero-order valence-corrected chi connectivity index (χ0v) is 9.79. The zero-order chi connectivity index (χ0) is 12.2. The molecule has 0 bridgehead atoms. The first-order chi connectivity index (χ1) is 7.47. The van der Waals surface area contributed by atoms with E-state index in [4.69, 9.17) is 11.5 Å². The predicted molar refractivity (Wildman–Crippen MR) is 61.4 cm³/mol. The van der Waals surface area contributed by atoms with Crippen LogP contribution in [0, 0.1) is 5.41 Å². The molecule has 0 aromatic carbocycles. The fourth-order valence-electron chi connectivity index (χ4n) is 2.14. The van der Waals surface area contributed by atoms with Crippen LogP contribution in [0.2, 0.25) is 0 Å². The number of carbonyl (C=O) groups is 2. The van der Waals surface area contributed by atoms with Crippen molar-refractivity contribution in [3.63, 3.8) is 0 Å². The van der Waals surface area contributed by atoms with E-state index in [1.165, 1.54) is 0 Å². The van der Waals surface area contributed by atoms with E-state index in [-0.39, 0.29) is 17.9 Å². The van der Waals surface area contributed by atoms with Crippen LogP contribution in [-0.2, 0) is 9.59 Å². The lowest BCUT2D eigenvalue weighted by Gasteiger charge is -2.27. The van der Waals surface area contributed by atoms with Crippen LogP contribution in [0.25, 0.3) is 0 Å². The number of primary amides is 1. The van der Waals surface area contributed by atoms with Gasteiger partial charge < -0.3 is 16.8 Å². The largest absolute Gasteiger partial charge is 0.370 e. The number of hydrogen-bond acceptors (Lipinski definition) is 3. The van der Waals surface area contributed by atoms with Gasteiger partial charge in [0.05, 0.1) is 5.41 Å². The van der Waals surface area contributed by atoms with Crippen molar-refractivity contribution < 1.29 is 9.59 Å². The van der Waals surface area contributed by atoms with E-state index < -0.39 is 5.41 Å². The highest BCUT2D eigenvalue weighted by molar-refractivity contribution is 5.83. The average Bonchev–Trinajstić information content (AvgIpc) is 2.55.